The van der Waals surface area contributed by atoms with Crippen LogP contribution in [-0.4, -0.2) is 0 Å². The van der Waals surface area contributed by atoms with Crippen LogP contribution in [0, 0.1) is 30.2 Å². The van der Waals surface area contributed by atoms with Crippen LogP contribution < -0.4 is 9.80 Å². The minimum atomic E-state index is -0.355. The third-order valence-electron chi connectivity index (χ3n) is 8.91. The lowest BCUT2D eigenvalue weighted by Crippen LogP contribution is -2.12. The summed E-state index contributed by atoms with van der Waals surface area (Å²) >= 11 is 0. The number of anilines is 6. The van der Waals surface area contributed by atoms with E-state index in [2.05, 4.69) is 36.4 Å². The van der Waals surface area contributed by atoms with Gasteiger partial charge < -0.3 is 9.80 Å². The quantitative estimate of drug-likeness (QED) is 0.131. The van der Waals surface area contributed by atoms with Crippen molar-refractivity contribution < 1.29 is 17.6 Å². The van der Waals surface area contributed by atoms with Crippen LogP contribution in [0.15, 0.2) is 152 Å². The van der Waals surface area contributed by atoms with Gasteiger partial charge in [0, 0.05) is 33.5 Å². The van der Waals surface area contributed by atoms with Crippen molar-refractivity contribution in [2.75, 3.05) is 9.80 Å². The second-order valence-corrected chi connectivity index (χ2v) is 12.1. The van der Waals surface area contributed by atoms with Crippen molar-refractivity contribution in [2.45, 2.75) is 6.92 Å². The Bertz CT molecular complexity index is 2380. The molecule has 0 heterocycles. The third kappa shape index (κ3) is 5.51. The molecule has 8 rings (SSSR count). The SMILES string of the molecule is Cc1ccc2c(c1)c(N(c1ccc(F)cc1)c1ccc(F)cc1)cc1c3ccccc3c(N(c3ccc(F)cc3)c3ccc(F)cc3)cc21. The van der Waals surface area contributed by atoms with E-state index >= 15 is 0 Å². The van der Waals surface area contributed by atoms with Gasteiger partial charge in [0.15, 0.2) is 0 Å². The fourth-order valence-corrected chi connectivity index (χ4v) is 6.66. The topological polar surface area (TPSA) is 6.48 Å². The van der Waals surface area contributed by atoms with E-state index in [4.69, 9.17) is 0 Å². The van der Waals surface area contributed by atoms with Crippen LogP contribution >= 0.6 is 0 Å². The Kier molecular flexibility index (Phi) is 7.49. The van der Waals surface area contributed by atoms with E-state index < -0.39 is 0 Å². The molecule has 6 heteroatoms. The first-order chi connectivity index (χ1) is 23.8. The van der Waals surface area contributed by atoms with Gasteiger partial charge in [-0.1, -0.05) is 42.0 Å². The fraction of sp³-hybridized carbons (Fsp3) is 0.0233. The summed E-state index contributed by atoms with van der Waals surface area (Å²) in [6.07, 6.45) is 0. The van der Waals surface area contributed by atoms with E-state index in [-0.39, 0.29) is 23.3 Å². The molecule has 0 bridgehead atoms. The van der Waals surface area contributed by atoms with Gasteiger partial charge in [-0.25, -0.2) is 17.6 Å². The molecule has 0 aliphatic carbocycles. The van der Waals surface area contributed by atoms with Gasteiger partial charge >= 0.3 is 0 Å². The monoisotopic (exact) mass is 648 g/mol. The zero-order valence-electron chi connectivity index (χ0n) is 26.3. The van der Waals surface area contributed by atoms with Crippen molar-refractivity contribution in [3.63, 3.8) is 0 Å². The number of benzene rings is 8. The molecule has 0 N–H and O–H groups in total. The van der Waals surface area contributed by atoms with E-state index in [1.54, 1.807) is 48.5 Å². The molecule has 0 radical (unpaired) electrons. The lowest BCUT2D eigenvalue weighted by atomic mass is 9.92. The average molecular weight is 649 g/mol. The molecule has 8 aromatic rings. The zero-order chi connectivity index (χ0) is 33.6. The maximum absolute atomic E-state index is 14.2. The van der Waals surface area contributed by atoms with Crippen molar-refractivity contribution in [1.29, 1.82) is 0 Å². The fourth-order valence-electron chi connectivity index (χ4n) is 6.66. The number of aryl methyl sites for hydroxylation is 1. The van der Waals surface area contributed by atoms with Crippen molar-refractivity contribution in [2.24, 2.45) is 0 Å². The molecule has 0 saturated heterocycles. The summed E-state index contributed by atoms with van der Waals surface area (Å²) in [6.45, 7) is 2.03. The summed E-state index contributed by atoms with van der Waals surface area (Å²) in [7, 11) is 0. The highest BCUT2D eigenvalue weighted by molar-refractivity contribution is 6.24. The van der Waals surface area contributed by atoms with Gasteiger partial charge in [-0.05, 0) is 144 Å². The highest BCUT2D eigenvalue weighted by Gasteiger charge is 2.22. The number of nitrogens with zero attached hydrogens (tertiary/aromatic N) is 2. The maximum atomic E-state index is 14.2. The molecular formula is C43H28F4N2. The summed E-state index contributed by atoms with van der Waals surface area (Å²) < 4.78 is 56.7. The minimum Gasteiger partial charge on any atom is -0.310 e. The highest BCUT2D eigenvalue weighted by Crippen LogP contribution is 2.47. The van der Waals surface area contributed by atoms with E-state index in [0.29, 0.717) is 11.4 Å². The molecule has 0 unspecified atom stereocenters. The predicted octanol–water partition coefficient (Wildman–Crippen LogP) is 13.0. The molecule has 0 amide bonds. The van der Waals surface area contributed by atoms with Gasteiger partial charge in [0.1, 0.15) is 23.3 Å². The largest absolute Gasteiger partial charge is 0.310 e. The zero-order valence-corrected chi connectivity index (χ0v) is 26.3. The van der Waals surface area contributed by atoms with Crippen molar-refractivity contribution in [3.05, 3.63) is 180 Å². The Hall–Kier alpha value is -6.14. The Morgan fingerprint density at radius 3 is 1.08 bits per heavy atom. The summed E-state index contributed by atoms with van der Waals surface area (Å²) in [5.41, 5.74) is 5.60. The van der Waals surface area contributed by atoms with Crippen LogP contribution in [0.25, 0.3) is 32.3 Å². The summed E-state index contributed by atoms with van der Waals surface area (Å²) in [4.78, 5) is 4.03. The summed E-state index contributed by atoms with van der Waals surface area (Å²) in [5, 5.41) is 5.75. The van der Waals surface area contributed by atoms with Crippen LogP contribution in [0.3, 0.4) is 0 Å². The second-order valence-electron chi connectivity index (χ2n) is 12.1. The van der Waals surface area contributed by atoms with Crippen LogP contribution in [0.1, 0.15) is 5.56 Å². The Labute approximate surface area is 280 Å². The molecule has 0 aliphatic rings. The van der Waals surface area contributed by atoms with E-state index in [1.165, 1.54) is 48.5 Å². The molecule has 2 nitrogen and oxygen atoms in total. The molecule has 0 aromatic heterocycles. The molecule has 0 atom stereocenters. The van der Waals surface area contributed by atoms with E-state index in [1.807, 2.05) is 34.9 Å². The first-order valence-corrected chi connectivity index (χ1v) is 15.9. The van der Waals surface area contributed by atoms with Gasteiger partial charge in [-0.15, -0.1) is 0 Å². The molecule has 49 heavy (non-hydrogen) atoms. The van der Waals surface area contributed by atoms with Crippen LogP contribution in [0.4, 0.5) is 51.7 Å². The third-order valence-corrected chi connectivity index (χ3v) is 8.91. The molecule has 0 aliphatic heterocycles. The number of fused-ring (bicyclic) bond motifs is 5. The molecular weight excluding hydrogens is 620 g/mol. The predicted molar refractivity (Wildman–Crippen MR) is 193 cm³/mol. The average Bonchev–Trinajstić information content (AvgIpc) is 3.12. The number of halogens is 4. The molecule has 0 saturated carbocycles. The lowest BCUT2D eigenvalue weighted by Gasteiger charge is -2.30. The molecule has 0 fully saturated rings. The Morgan fingerprint density at radius 2 is 0.673 bits per heavy atom. The summed E-state index contributed by atoms with van der Waals surface area (Å²) in [5.74, 6) is -1.42. The summed E-state index contributed by atoms with van der Waals surface area (Å²) in [6, 6.07) is 43.7. The van der Waals surface area contributed by atoms with Crippen LogP contribution in [0.2, 0.25) is 0 Å². The normalized spacial score (nSPS) is 11.4. The van der Waals surface area contributed by atoms with E-state index in [0.717, 1.165) is 60.6 Å². The Morgan fingerprint density at radius 1 is 0.327 bits per heavy atom. The highest BCUT2D eigenvalue weighted by atomic mass is 19.1. The van der Waals surface area contributed by atoms with E-state index in [9.17, 15) is 17.6 Å². The van der Waals surface area contributed by atoms with Gasteiger partial charge in [-0.3, -0.25) is 0 Å². The van der Waals surface area contributed by atoms with Crippen molar-refractivity contribution in [1.82, 2.24) is 0 Å². The minimum absolute atomic E-state index is 0.354. The number of hydrogen-bond donors (Lipinski definition) is 0. The van der Waals surface area contributed by atoms with Crippen LogP contribution in [0.5, 0.6) is 0 Å². The molecule has 0 spiro atoms. The van der Waals surface area contributed by atoms with Crippen molar-refractivity contribution in [3.8, 4) is 0 Å². The first kappa shape index (κ1) is 30.2. The second kappa shape index (κ2) is 12.1. The molecule has 8 aromatic carbocycles. The Balaban J connectivity index is 1.47. The van der Waals surface area contributed by atoms with Crippen molar-refractivity contribution >= 4 is 66.4 Å². The number of rotatable bonds is 6. The standard InChI is InChI=1S/C43H28F4N2/c1-27-6-23-37-40-25-42(48(32-15-7-28(44)8-16-32)33-17-9-29(45)10-18-33)38-5-3-2-4-36(38)39(40)26-43(41(37)24-27)49(34-19-11-30(46)12-20-34)35-21-13-31(47)14-22-35/h2-26H,1H3. The van der Waals surface area contributed by atoms with Gasteiger partial charge in [0.05, 0.1) is 11.4 Å². The molecule has 238 valence electrons. The maximum Gasteiger partial charge on any atom is 0.123 e. The first-order valence-electron chi connectivity index (χ1n) is 15.9. The van der Waals surface area contributed by atoms with Gasteiger partial charge in [0.25, 0.3) is 0 Å². The lowest BCUT2D eigenvalue weighted by molar-refractivity contribution is 0.627. The smallest absolute Gasteiger partial charge is 0.123 e. The van der Waals surface area contributed by atoms with Crippen LogP contribution in [-0.2, 0) is 0 Å². The number of hydrogen-bond acceptors (Lipinski definition) is 2. The van der Waals surface area contributed by atoms with Gasteiger partial charge in [0.2, 0.25) is 0 Å². The van der Waals surface area contributed by atoms with Gasteiger partial charge in [-0.2, -0.15) is 0 Å².